The van der Waals surface area contributed by atoms with Crippen molar-refractivity contribution in [3.8, 4) is 0 Å². The summed E-state index contributed by atoms with van der Waals surface area (Å²) in [4.78, 5) is 16.7. The fraction of sp³-hybridized carbons (Fsp3) is 0.632. The number of carbonyl (C=O) groups excluding carboxylic acids is 1. The molecule has 122 valence electrons. The fourth-order valence-electron chi connectivity index (χ4n) is 2.89. The number of benzene rings is 1. The molecule has 1 aromatic carbocycles. The van der Waals surface area contributed by atoms with Crippen LogP contribution in [0.15, 0.2) is 24.3 Å². The molecule has 1 fully saturated rings. The Balaban J connectivity index is 1.81. The predicted octanol–water partition coefficient (Wildman–Crippen LogP) is 3.08. The van der Waals surface area contributed by atoms with E-state index in [-0.39, 0.29) is 5.41 Å². The van der Waals surface area contributed by atoms with Gasteiger partial charge in [0.2, 0.25) is 5.91 Å². The second kappa shape index (κ2) is 7.28. The highest BCUT2D eigenvalue weighted by Gasteiger charge is 2.19. The Morgan fingerprint density at radius 1 is 1.05 bits per heavy atom. The lowest BCUT2D eigenvalue weighted by Crippen LogP contribution is -2.48. The number of nitrogens with zero attached hydrogens (tertiary/aromatic N) is 2. The van der Waals surface area contributed by atoms with Crippen LogP contribution in [0.5, 0.6) is 0 Å². The minimum atomic E-state index is 0.188. The monoisotopic (exact) mass is 302 g/mol. The van der Waals surface area contributed by atoms with Gasteiger partial charge in [-0.2, -0.15) is 0 Å². The van der Waals surface area contributed by atoms with E-state index < -0.39 is 0 Å². The molecule has 22 heavy (non-hydrogen) atoms. The molecule has 3 nitrogen and oxygen atoms in total. The van der Waals surface area contributed by atoms with Crippen LogP contribution in [-0.4, -0.2) is 48.4 Å². The molecule has 0 aliphatic carbocycles. The predicted molar refractivity (Wildman–Crippen MR) is 92.2 cm³/mol. The highest BCUT2D eigenvalue weighted by atomic mass is 16.2. The molecule has 0 saturated carbocycles. The Labute approximate surface area is 135 Å². The molecule has 0 N–H and O–H groups in total. The third-order valence-corrected chi connectivity index (χ3v) is 4.62. The molecule has 3 heteroatoms. The number of likely N-dealkylation sites (N-methyl/N-ethyl adjacent to an activating group) is 1. The van der Waals surface area contributed by atoms with Gasteiger partial charge >= 0.3 is 0 Å². The van der Waals surface area contributed by atoms with Crippen molar-refractivity contribution in [2.45, 2.75) is 46.0 Å². The van der Waals surface area contributed by atoms with Gasteiger partial charge < -0.3 is 9.80 Å². The van der Waals surface area contributed by atoms with Crippen LogP contribution < -0.4 is 0 Å². The number of hydrogen-bond donors (Lipinski definition) is 0. The van der Waals surface area contributed by atoms with Crippen molar-refractivity contribution in [3.05, 3.63) is 35.4 Å². The van der Waals surface area contributed by atoms with E-state index in [0.717, 1.165) is 39.1 Å². The van der Waals surface area contributed by atoms with Crippen LogP contribution in [0.1, 0.15) is 45.2 Å². The standard InChI is InChI=1S/C19H30N2O/c1-5-20-12-14-21(15-13-20)18(22)11-8-16-6-9-17(10-7-16)19(2,3)4/h6-7,9-10H,5,8,11-15H2,1-4H3. The molecule has 0 atom stereocenters. The molecule has 0 bridgehead atoms. The molecule has 0 unspecified atom stereocenters. The van der Waals surface area contributed by atoms with Gasteiger partial charge in [0.15, 0.2) is 0 Å². The highest BCUT2D eigenvalue weighted by molar-refractivity contribution is 5.76. The van der Waals surface area contributed by atoms with Crippen LogP contribution in [0, 0.1) is 0 Å². The number of aryl methyl sites for hydroxylation is 1. The maximum Gasteiger partial charge on any atom is 0.222 e. The second-order valence-corrected chi connectivity index (χ2v) is 7.26. The maximum atomic E-state index is 12.3. The summed E-state index contributed by atoms with van der Waals surface area (Å²) < 4.78 is 0. The van der Waals surface area contributed by atoms with Crippen molar-refractivity contribution in [1.82, 2.24) is 9.80 Å². The van der Waals surface area contributed by atoms with E-state index in [4.69, 9.17) is 0 Å². The van der Waals surface area contributed by atoms with E-state index in [1.807, 2.05) is 4.90 Å². The van der Waals surface area contributed by atoms with Crippen molar-refractivity contribution in [2.24, 2.45) is 0 Å². The smallest absolute Gasteiger partial charge is 0.222 e. The molecule has 1 aliphatic heterocycles. The van der Waals surface area contributed by atoms with Crippen molar-refractivity contribution < 1.29 is 4.79 Å². The zero-order valence-corrected chi connectivity index (χ0v) is 14.6. The van der Waals surface area contributed by atoms with Crippen molar-refractivity contribution in [3.63, 3.8) is 0 Å². The van der Waals surface area contributed by atoms with Gasteiger partial charge in [0, 0.05) is 32.6 Å². The Kier molecular flexibility index (Phi) is 5.63. The third kappa shape index (κ3) is 4.57. The van der Waals surface area contributed by atoms with E-state index in [9.17, 15) is 4.79 Å². The first kappa shape index (κ1) is 17.0. The van der Waals surface area contributed by atoms with Crippen LogP contribution in [0.3, 0.4) is 0 Å². The van der Waals surface area contributed by atoms with Gasteiger partial charge in [0.05, 0.1) is 0 Å². The third-order valence-electron chi connectivity index (χ3n) is 4.62. The molecule has 2 rings (SSSR count). The molecule has 0 radical (unpaired) electrons. The van der Waals surface area contributed by atoms with Crippen LogP contribution in [0.2, 0.25) is 0 Å². The molecule has 1 heterocycles. The quantitative estimate of drug-likeness (QED) is 0.853. The summed E-state index contributed by atoms with van der Waals surface area (Å²) in [5, 5.41) is 0. The first-order valence-electron chi connectivity index (χ1n) is 8.49. The molecule has 1 aromatic rings. The van der Waals surface area contributed by atoms with E-state index in [0.29, 0.717) is 12.3 Å². The summed E-state index contributed by atoms with van der Waals surface area (Å²) in [6, 6.07) is 8.73. The average Bonchev–Trinajstić information content (AvgIpc) is 2.52. The summed E-state index contributed by atoms with van der Waals surface area (Å²) in [5.41, 5.74) is 2.79. The molecule has 1 aliphatic rings. The van der Waals surface area contributed by atoms with Crippen LogP contribution in [0.25, 0.3) is 0 Å². The summed E-state index contributed by atoms with van der Waals surface area (Å²) in [6.07, 6.45) is 1.47. The Bertz CT molecular complexity index is 479. The maximum absolute atomic E-state index is 12.3. The Morgan fingerprint density at radius 2 is 1.64 bits per heavy atom. The van der Waals surface area contributed by atoms with E-state index in [1.165, 1.54) is 11.1 Å². The van der Waals surface area contributed by atoms with Crippen LogP contribution in [0.4, 0.5) is 0 Å². The lowest BCUT2D eigenvalue weighted by molar-refractivity contribution is -0.132. The summed E-state index contributed by atoms with van der Waals surface area (Å²) in [7, 11) is 0. The van der Waals surface area contributed by atoms with Gasteiger partial charge in [-0.25, -0.2) is 0 Å². The lowest BCUT2D eigenvalue weighted by atomic mass is 9.86. The summed E-state index contributed by atoms with van der Waals surface area (Å²) >= 11 is 0. The van der Waals surface area contributed by atoms with E-state index in [1.54, 1.807) is 0 Å². The van der Waals surface area contributed by atoms with E-state index >= 15 is 0 Å². The largest absolute Gasteiger partial charge is 0.340 e. The van der Waals surface area contributed by atoms with Crippen molar-refractivity contribution >= 4 is 5.91 Å². The molecule has 1 saturated heterocycles. The van der Waals surface area contributed by atoms with E-state index in [2.05, 4.69) is 56.9 Å². The average molecular weight is 302 g/mol. The van der Waals surface area contributed by atoms with Crippen molar-refractivity contribution in [2.75, 3.05) is 32.7 Å². The number of amides is 1. The fourth-order valence-corrected chi connectivity index (χ4v) is 2.89. The first-order valence-corrected chi connectivity index (χ1v) is 8.49. The zero-order valence-electron chi connectivity index (χ0n) is 14.6. The Morgan fingerprint density at radius 3 is 2.14 bits per heavy atom. The minimum absolute atomic E-state index is 0.188. The second-order valence-electron chi connectivity index (χ2n) is 7.26. The number of rotatable bonds is 4. The van der Waals surface area contributed by atoms with Gasteiger partial charge in [0.25, 0.3) is 0 Å². The van der Waals surface area contributed by atoms with Crippen LogP contribution >= 0.6 is 0 Å². The van der Waals surface area contributed by atoms with Gasteiger partial charge in [-0.1, -0.05) is 52.0 Å². The van der Waals surface area contributed by atoms with Crippen LogP contribution in [-0.2, 0) is 16.6 Å². The highest BCUT2D eigenvalue weighted by Crippen LogP contribution is 2.22. The van der Waals surface area contributed by atoms with Gasteiger partial charge in [-0.05, 0) is 29.5 Å². The summed E-state index contributed by atoms with van der Waals surface area (Å²) in [5.74, 6) is 0.302. The first-order chi connectivity index (χ1) is 10.4. The molecule has 1 amide bonds. The topological polar surface area (TPSA) is 23.6 Å². The Hall–Kier alpha value is -1.35. The number of piperazine rings is 1. The summed E-state index contributed by atoms with van der Waals surface area (Å²) in [6.45, 7) is 13.7. The SMILES string of the molecule is CCN1CCN(C(=O)CCc2ccc(C(C)(C)C)cc2)CC1. The molecular formula is C19H30N2O. The minimum Gasteiger partial charge on any atom is -0.340 e. The van der Waals surface area contributed by atoms with Crippen molar-refractivity contribution in [1.29, 1.82) is 0 Å². The van der Waals surface area contributed by atoms with Gasteiger partial charge in [-0.3, -0.25) is 4.79 Å². The number of carbonyl (C=O) groups is 1. The van der Waals surface area contributed by atoms with Gasteiger partial charge in [0.1, 0.15) is 0 Å². The molecule has 0 spiro atoms. The lowest BCUT2D eigenvalue weighted by Gasteiger charge is -2.34. The zero-order chi connectivity index (χ0) is 16.2. The molecule has 0 aromatic heterocycles. The molecular weight excluding hydrogens is 272 g/mol. The number of hydrogen-bond acceptors (Lipinski definition) is 2. The van der Waals surface area contributed by atoms with Gasteiger partial charge in [-0.15, -0.1) is 0 Å². The normalized spacial score (nSPS) is 16.8.